The summed E-state index contributed by atoms with van der Waals surface area (Å²) in [4.78, 5) is 30.5. The predicted molar refractivity (Wildman–Crippen MR) is 97.9 cm³/mol. The molecule has 2 heterocycles. The van der Waals surface area contributed by atoms with Crippen LogP contribution in [0.25, 0.3) is 11.1 Å². The number of para-hydroxylation sites is 2. The van der Waals surface area contributed by atoms with Crippen LogP contribution in [0.15, 0.2) is 28.7 Å². The van der Waals surface area contributed by atoms with Crippen molar-refractivity contribution in [3.63, 3.8) is 0 Å². The van der Waals surface area contributed by atoms with Crippen molar-refractivity contribution in [1.82, 2.24) is 15.2 Å². The maximum absolute atomic E-state index is 12.5. The first kappa shape index (κ1) is 19.2. The first-order chi connectivity index (χ1) is 12.7. The first-order valence-corrected chi connectivity index (χ1v) is 9.05. The molecule has 0 radical (unpaired) electrons. The van der Waals surface area contributed by atoms with Crippen LogP contribution in [0.2, 0.25) is 0 Å². The van der Waals surface area contributed by atoms with E-state index in [2.05, 4.69) is 10.3 Å². The number of carbonyl (C=O) groups excluding carboxylic acids is 2. The Labute approximate surface area is 157 Å². The molecule has 8 nitrogen and oxygen atoms in total. The lowest BCUT2D eigenvalue weighted by Gasteiger charge is -2.28. The van der Waals surface area contributed by atoms with E-state index in [-0.39, 0.29) is 18.3 Å². The Morgan fingerprint density at radius 2 is 2.15 bits per heavy atom. The minimum absolute atomic E-state index is 0.0513. The van der Waals surface area contributed by atoms with Crippen molar-refractivity contribution in [3.8, 4) is 0 Å². The third-order valence-corrected chi connectivity index (χ3v) is 4.25. The molecular weight excluding hydrogens is 350 g/mol. The van der Waals surface area contributed by atoms with Crippen LogP contribution in [-0.2, 0) is 9.53 Å². The summed E-state index contributed by atoms with van der Waals surface area (Å²) in [6.07, 6.45) is -0.285. The van der Waals surface area contributed by atoms with Crippen LogP contribution in [0.5, 0.6) is 0 Å². The summed E-state index contributed by atoms with van der Waals surface area (Å²) >= 11 is 0. The second-order valence-electron chi connectivity index (χ2n) is 7.61. The summed E-state index contributed by atoms with van der Waals surface area (Å²) in [6, 6.07) is 6.58. The summed E-state index contributed by atoms with van der Waals surface area (Å²) in [5.41, 5.74) is 0.596. The number of benzene rings is 1. The molecule has 1 aliphatic heterocycles. The number of fused-ring (bicyclic) bond motifs is 1. The van der Waals surface area contributed by atoms with E-state index in [0.717, 1.165) is 6.42 Å². The number of rotatable bonds is 4. The molecule has 1 fully saturated rings. The molecule has 8 heteroatoms. The number of oxazole rings is 1. The lowest BCUT2D eigenvalue weighted by molar-refractivity contribution is -0.126. The number of nitrogens with zero attached hydrogens (tertiary/aromatic N) is 2. The van der Waals surface area contributed by atoms with Crippen LogP contribution in [0, 0.1) is 0 Å². The zero-order valence-corrected chi connectivity index (χ0v) is 15.8. The lowest BCUT2D eigenvalue weighted by Crippen LogP contribution is -2.48. The Morgan fingerprint density at radius 3 is 2.85 bits per heavy atom. The van der Waals surface area contributed by atoms with Gasteiger partial charge in [-0.15, -0.1) is 0 Å². The van der Waals surface area contributed by atoms with Crippen LogP contribution in [0.4, 0.5) is 4.79 Å². The summed E-state index contributed by atoms with van der Waals surface area (Å²) in [6.45, 7) is 5.78. The zero-order chi connectivity index (χ0) is 19.6. The van der Waals surface area contributed by atoms with Gasteiger partial charge in [-0.05, 0) is 45.7 Å². The highest BCUT2D eigenvalue weighted by molar-refractivity contribution is 5.86. The summed E-state index contributed by atoms with van der Waals surface area (Å²) in [7, 11) is 0. The number of nitrogens with one attached hydrogen (secondary N) is 1. The highest BCUT2D eigenvalue weighted by Crippen LogP contribution is 2.22. The maximum atomic E-state index is 12.5. The number of ether oxygens (including phenoxy) is 1. The van der Waals surface area contributed by atoms with Gasteiger partial charge in [0.2, 0.25) is 11.8 Å². The Bertz CT molecular complexity index is 793. The van der Waals surface area contributed by atoms with E-state index < -0.39 is 23.8 Å². The molecule has 1 aliphatic rings. The van der Waals surface area contributed by atoms with Gasteiger partial charge in [0, 0.05) is 6.54 Å². The topological polar surface area (TPSA) is 105 Å². The summed E-state index contributed by atoms with van der Waals surface area (Å²) < 4.78 is 10.9. The highest BCUT2D eigenvalue weighted by atomic mass is 16.6. The van der Waals surface area contributed by atoms with E-state index in [9.17, 15) is 14.7 Å². The number of aliphatic hydroxyl groups excluding tert-OH is 1. The first-order valence-electron chi connectivity index (χ1n) is 9.05. The number of hydrogen-bond donors (Lipinski definition) is 2. The molecule has 1 aromatic heterocycles. The number of likely N-dealkylation sites (tertiary alicyclic amines) is 1. The van der Waals surface area contributed by atoms with Crippen molar-refractivity contribution in [2.24, 2.45) is 0 Å². The van der Waals surface area contributed by atoms with E-state index in [1.807, 2.05) is 12.1 Å². The van der Waals surface area contributed by atoms with Gasteiger partial charge in [-0.1, -0.05) is 12.1 Å². The average molecular weight is 375 g/mol. The molecule has 2 N–H and O–H groups in total. The average Bonchev–Trinajstić information content (AvgIpc) is 3.24. The van der Waals surface area contributed by atoms with Gasteiger partial charge in [-0.25, -0.2) is 9.78 Å². The summed E-state index contributed by atoms with van der Waals surface area (Å²) in [5.74, 6) is -0.180. The van der Waals surface area contributed by atoms with Gasteiger partial charge in [0.15, 0.2) is 5.58 Å². The number of hydrogen-bond acceptors (Lipinski definition) is 6. The van der Waals surface area contributed by atoms with Crippen LogP contribution in [0.1, 0.15) is 45.6 Å². The second kappa shape index (κ2) is 7.56. The number of carbonyl (C=O) groups is 2. The molecule has 0 spiro atoms. The molecule has 2 atom stereocenters. The quantitative estimate of drug-likeness (QED) is 0.850. The smallest absolute Gasteiger partial charge is 0.410 e. The van der Waals surface area contributed by atoms with Gasteiger partial charge in [0.25, 0.3) is 0 Å². The molecule has 0 aliphatic carbocycles. The fourth-order valence-corrected chi connectivity index (χ4v) is 3.01. The standard InChI is InChI=1S/C19H25N3O5/c1-19(2,3)27-18(25)22-10-6-8-13(22)16(24)20-11-14(23)17-21-12-7-4-5-9-15(12)26-17/h4-5,7,9,13-14,23H,6,8,10-11H2,1-3H3,(H,20,24). The van der Waals surface area contributed by atoms with Crippen molar-refractivity contribution < 1.29 is 23.8 Å². The fourth-order valence-electron chi connectivity index (χ4n) is 3.01. The third-order valence-electron chi connectivity index (χ3n) is 4.25. The summed E-state index contributed by atoms with van der Waals surface area (Å²) in [5, 5.41) is 12.9. The van der Waals surface area contributed by atoms with Gasteiger partial charge >= 0.3 is 6.09 Å². The van der Waals surface area contributed by atoms with Crippen LogP contribution in [0.3, 0.4) is 0 Å². The number of amides is 2. The van der Waals surface area contributed by atoms with Gasteiger partial charge in [0.1, 0.15) is 23.3 Å². The zero-order valence-electron chi connectivity index (χ0n) is 15.8. The van der Waals surface area contributed by atoms with E-state index in [1.54, 1.807) is 32.9 Å². The largest absolute Gasteiger partial charge is 0.444 e. The van der Waals surface area contributed by atoms with Crippen molar-refractivity contribution in [2.75, 3.05) is 13.1 Å². The molecule has 1 aromatic carbocycles. The lowest BCUT2D eigenvalue weighted by atomic mass is 10.2. The Hall–Kier alpha value is -2.61. The van der Waals surface area contributed by atoms with Crippen molar-refractivity contribution in [3.05, 3.63) is 30.2 Å². The Kier molecular flexibility index (Phi) is 5.36. The van der Waals surface area contributed by atoms with Gasteiger partial charge in [-0.3, -0.25) is 9.69 Å². The molecule has 0 saturated carbocycles. The highest BCUT2D eigenvalue weighted by Gasteiger charge is 2.36. The monoisotopic (exact) mass is 375 g/mol. The van der Waals surface area contributed by atoms with E-state index in [4.69, 9.17) is 9.15 Å². The molecular formula is C19H25N3O5. The van der Waals surface area contributed by atoms with Crippen LogP contribution in [-0.4, -0.2) is 51.7 Å². The molecule has 0 bridgehead atoms. The minimum atomic E-state index is -1.07. The normalized spacial score (nSPS) is 18.5. The van der Waals surface area contributed by atoms with Gasteiger partial charge < -0.3 is 19.6 Å². The third kappa shape index (κ3) is 4.57. The second-order valence-corrected chi connectivity index (χ2v) is 7.61. The number of aliphatic hydroxyl groups is 1. The molecule has 146 valence electrons. The fraction of sp³-hybridized carbons (Fsp3) is 0.526. The molecule has 1 saturated heterocycles. The van der Waals surface area contributed by atoms with Gasteiger partial charge in [-0.2, -0.15) is 0 Å². The van der Waals surface area contributed by atoms with Crippen LogP contribution >= 0.6 is 0 Å². The molecule has 2 unspecified atom stereocenters. The molecule has 2 aromatic rings. The molecule has 27 heavy (non-hydrogen) atoms. The molecule has 2 amide bonds. The number of aromatic nitrogens is 1. The van der Waals surface area contributed by atoms with E-state index in [0.29, 0.717) is 24.1 Å². The SMILES string of the molecule is CC(C)(C)OC(=O)N1CCCC1C(=O)NCC(O)c1nc2ccccc2o1. The van der Waals surface area contributed by atoms with Crippen molar-refractivity contribution in [1.29, 1.82) is 0 Å². The Balaban J connectivity index is 1.58. The predicted octanol–water partition coefficient (Wildman–Crippen LogP) is 2.38. The van der Waals surface area contributed by atoms with Gasteiger partial charge in [0.05, 0.1) is 6.54 Å². The Morgan fingerprint density at radius 1 is 1.41 bits per heavy atom. The van der Waals surface area contributed by atoms with Crippen molar-refractivity contribution in [2.45, 2.75) is 51.4 Å². The van der Waals surface area contributed by atoms with E-state index >= 15 is 0 Å². The van der Waals surface area contributed by atoms with Crippen molar-refractivity contribution >= 4 is 23.1 Å². The van der Waals surface area contributed by atoms with E-state index in [1.165, 1.54) is 4.90 Å². The van der Waals surface area contributed by atoms with Crippen LogP contribution < -0.4 is 5.32 Å². The molecule has 3 rings (SSSR count). The minimum Gasteiger partial charge on any atom is -0.444 e. The maximum Gasteiger partial charge on any atom is 0.410 e.